The topological polar surface area (TPSA) is 311 Å². The van der Waals surface area contributed by atoms with Gasteiger partial charge in [-0.3, -0.25) is 38.4 Å². The molecule has 23 nitrogen and oxygen atoms in total. The molecule has 18 atom stereocenters. The number of furan rings is 1. The lowest BCUT2D eigenvalue weighted by Gasteiger charge is -2.52. The molecule has 1 amide bonds. The van der Waals surface area contributed by atoms with Crippen LogP contribution >= 0.6 is 0 Å². The standard InChI is InChI=1S/C81H113NO22/c1-45-23-17-16-18-24-46(2)60(96-12)40-55-31-28-51(7)81(94,104-55)75(90)76(91)82-36-22-21-25-58(82)78(93)101-61(41-59(84)47(3)38-50(6)71(88)74(97-13)70(87)49(5)37-45)48(4)39-53-29-32-54(33-30-53)100-65(85)26-19-14-15-20-27-66(86)102-63-35-34-57-67-69(62(99-52(8)83)42-79(57,63)9)80(10)64(44-95-11)103-77(92)56-43-98-73(68(56)80)72(67)89/h16-18,23-24,38,43,45,48-51,53-55,57-58,60-64,71,74,88,94H,14-15,19-22,25-37,39-42,44H2,1-13H3/t45-,48-,49-,50?,51-,53?,54?,55+,57?,58+,60+,61+,62-,63+,64-,71-,74+,79+,80+,81-/m1/s1. The highest BCUT2D eigenvalue weighted by Crippen LogP contribution is 2.63. The summed E-state index contributed by atoms with van der Waals surface area (Å²) in [6.45, 7) is 17.8. The predicted octanol–water partition coefficient (Wildman–Crippen LogP) is 11.3. The molecule has 8 aliphatic rings. The molecule has 4 fully saturated rings. The number of rotatable bonds is 17. The number of methoxy groups -OCH3 is 3. The summed E-state index contributed by atoms with van der Waals surface area (Å²) in [6.07, 6.45) is 14.8. The van der Waals surface area contributed by atoms with Gasteiger partial charge in [-0.05, 0) is 164 Å². The fourth-order valence-corrected chi connectivity index (χ4v) is 18.0. The van der Waals surface area contributed by atoms with Crippen molar-refractivity contribution in [3.05, 3.63) is 81.9 Å². The van der Waals surface area contributed by atoms with Gasteiger partial charge in [-0.25, -0.2) is 9.59 Å². The average Bonchev–Trinajstić information content (AvgIpc) is 1.48. The minimum absolute atomic E-state index is 0.0139. The zero-order chi connectivity index (χ0) is 75.7. The van der Waals surface area contributed by atoms with Crippen molar-refractivity contribution in [3.63, 3.8) is 0 Å². The molecule has 9 rings (SSSR count). The van der Waals surface area contributed by atoms with E-state index in [0.717, 1.165) is 5.57 Å². The third-order valence-electron chi connectivity index (χ3n) is 24.1. The first-order valence-electron chi connectivity index (χ1n) is 38.0. The number of esters is 5. The van der Waals surface area contributed by atoms with E-state index in [0.29, 0.717) is 119 Å². The summed E-state index contributed by atoms with van der Waals surface area (Å²) < 4.78 is 59.7. The lowest BCUT2D eigenvalue weighted by molar-refractivity contribution is -0.265. The van der Waals surface area contributed by atoms with E-state index in [2.05, 4.69) is 0 Å². The number of aliphatic hydroxyl groups excluding tert-OH is 1. The lowest BCUT2D eigenvalue weighted by Crippen LogP contribution is -2.61. The van der Waals surface area contributed by atoms with Crippen LogP contribution in [0.25, 0.3) is 0 Å². The molecule has 5 heterocycles. The summed E-state index contributed by atoms with van der Waals surface area (Å²) >= 11 is 0. The van der Waals surface area contributed by atoms with Gasteiger partial charge in [0.2, 0.25) is 11.6 Å². The van der Waals surface area contributed by atoms with Crippen LogP contribution < -0.4 is 0 Å². The second kappa shape index (κ2) is 35.3. The van der Waals surface area contributed by atoms with E-state index in [9.17, 15) is 58.2 Å². The number of unbranched alkanes of at least 4 members (excludes halogenated alkanes) is 3. The van der Waals surface area contributed by atoms with E-state index in [1.165, 1.54) is 32.3 Å². The Kier molecular flexibility index (Phi) is 27.6. The SMILES string of the molecule is COC[C@H]1OC(=O)c2coc3c2[C@@]1(C)C1=C(C3=O)C2CC[C@H](OC(=O)CCCCCCC(=O)OC3CCC(C[C@@H](C)[C@@H]4CC(=O)C(C)=CC(C)[C@@H](O)[C@@H](OC)C(=O)[C@H](C)C[C@H](C)C=CC=CC=C(C)[C@@H](OC)C[C@@H]5CC[C@@H](C)[C@@](O)(O5)C(=O)C(=O)N5CCCC[C@H]5C(=O)O4)CC3)[C@@]2(C)C[C@H]1OC(C)=O. The fourth-order valence-electron chi connectivity index (χ4n) is 18.0. The normalized spacial score (nSPS) is 35.3. The van der Waals surface area contributed by atoms with Gasteiger partial charge >= 0.3 is 29.8 Å². The number of cyclic esters (lactones) is 2. The molecule has 0 radical (unpaired) electrons. The van der Waals surface area contributed by atoms with Crippen molar-refractivity contribution >= 4 is 58.9 Å². The summed E-state index contributed by atoms with van der Waals surface area (Å²) in [5.74, 6) is -11.0. The van der Waals surface area contributed by atoms with Crippen molar-refractivity contribution in [2.45, 2.75) is 283 Å². The quantitative estimate of drug-likeness (QED) is 0.0633. The number of allylic oxidation sites excluding steroid dienone is 7. The third kappa shape index (κ3) is 17.9. The third-order valence-corrected chi connectivity index (χ3v) is 24.1. The Labute approximate surface area is 612 Å². The number of Topliss-reactive ketones (excluding diaryl/α,β-unsaturated/α-hetero) is 4. The molecule has 574 valence electrons. The van der Waals surface area contributed by atoms with Crippen LogP contribution in [0.2, 0.25) is 0 Å². The Morgan fingerprint density at radius 2 is 1.48 bits per heavy atom. The van der Waals surface area contributed by atoms with Gasteiger partial charge in [0.15, 0.2) is 17.3 Å². The Hall–Kier alpha value is -6.76. The van der Waals surface area contributed by atoms with E-state index < -0.39 is 125 Å². The zero-order valence-electron chi connectivity index (χ0n) is 63.3. The molecule has 0 spiro atoms. The molecular formula is C81H113NO22. The number of ether oxygens (including phenoxy) is 9. The average molecular weight is 1450 g/mol. The monoisotopic (exact) mass is 1450 g/mol. The van der Waals surface area contributed by atoms with Crippen LogP contribution in [0.15, 0.2) is 69.4 Å². The van der Waals surface area contributed by atoms with Crippen LogP contribution in [-0.4, -0.2) is 175 Å². The maximum Gasteiger partial charge on any atom is 0.342 e. The van der Waals surface area contributed by atoms with Gasteiger partial charge in [0.05, 0.1) is 30.3 Å². The van der Waals surface area contributed by atoms with E-state index in [1.807, 2.05) is 65.0 Å². The molecule has 2 saturated carbocycles. The van der Waals surface area contributed by atoms with Crippen molar-refractivity contribution in [2.75, 3.05) is 34.5 Å². The molecule has 23 heteroatoms. The Morgan fingerprint density at radius 1 is 0.779 bits per heavy atom. The van der Waals surface area contributed by atoms with Crippen LogP contribution in [-0.2, 0) is 86.4 Å². The molecule has 2 unspecified atom stereocenters. The van der Waals surface area contributed by atoms with Gasteiger partial charge in [-0.15, -0.1) is 0 Å². The fraction of sp³-hybridized carbons (Fsp3) is 0.704. The number of piperidine rings is 1. The Bertz CT molecular complexity index is 3490. The van der Waals surface area contributed by atoms with E-state index in [1.54, 1.807) is 40.9 Å². The summed E-state index contributed by atoms with van der Waals surface area (Å²) in [6, 6.07) is -1.20. The van der Waals surface area contributed by atoms with Gasteiger partial charge in [-0.2, -0.15) is 0 Å². The molecular weight excluding hydrogens is 1340 g/mol. The highest BCUT2D eigenvalue weighted by Gasteiger charge is 2.65. The van der Waals surface area contributed by atoms with Crippen molar-refractivity contribution in [1.82, 2.24) is 4.90 Å². The summed E-state index contributed by atoms with van der Waals surface area (Å²) in [4.78, 5) is 141. The number of hydrogen-bond donors (Lipinski definition) is 2. The van der Waals surface area contributed by atoms with Crippen molar-refractivity contribution in [2.24, 2.45) is 46.8 Å². The predicted molar refractivity (Wildman–Crippen MR) is 380 cm³/mol. The first kappa shape index (κ1) is 81.3. The number of aliphatic hydroxyl groups is 2. The van der Waals surface area contributed by atoms with Crippen molar-refractivity contribution in [1.29, 1.82) is 0 Å². The molecule has 1 aromatic heterocycles. The number of carbonyl (C=O) groups excluding carboxylic acids is 10. The van der Waals surface area contributed by atoms with Gasteiger partial charge in [-0.1, -0.05) is 90.8 Å². The summed E-state index contributed by atoms with van der Waals surface area (Å²) in [7, 11) is 4.43. The molecule has 0 aromatic carbocycles. The van der Waals surface area contributed by atoms with E-state index in [4.69, 9.17) is 47.0 Å². The number of carbonyl (C=O) groups is 10. The first-order chi connectivity index (χ1) is 49.4. The van der Waals surface area contributed by atoms with Gasteiger partial charge in [0.25, 0.3) is 11.7 Å². The number of nitrogens with zero attached hydrogens (tertiary/aromatic N) is 1. The zero-order valence-corrected chi connectivity index (χ0v) is 63.3. The summed E-state index contributed by atoms with van der Waals surface area (Å²) in [5.41, 5.74) is 0.783. The Morgan fingerprint density at radius 3 is 2.15 bits per heavy atom. The molecule has 1 aromatic rings. The second-order valence-electron chi connectivity index (χ2n) is 31.6. The lowest BCUT2D eigenvalue weighted by atomic mass is 9.54. The second-order valence-corrected chi connectivity index (χ2v) is 31.6. The summed E-state index contributed by atoms with van der Waals surface area (Å²) in [5, 5.41) is 23.8. The van der Waals surface area contributed by atoms with Crippen molar-refractivity contribution in [3.8, 4) is 0 Å². The number of hydrogen-bond acceptors (Lipinski definition) is 22. The van der Waals surface area contributed by atoms with Gasteiger partial charge < -0.3 is 62.2 Å². The molecule has 2 N–H and O–H groups in total. The van der Waals surface area contributed by atoms with Crippen LogP contribution in [0.4, 0.5) is 0 Å². The number of amides is 1. The van der Waals surface area contributed by atoms with Gasteiger partial charge in [0.1, 0.15) is 54.5 Å². The molecule has 104 heavy (non-hydrogen) atoms. The number of ketones is 4. The maximum atomic E-state index is 14.7. The van der Waals surface area contributed by atoms with Crippen LogP contribution in [0.3, 0.4) is 0 Å². The number of fused-ring (bicyclic) bond motifs is 6. The van der Waals surface area contributed by atoms with Crippen molar-refractivity contribution < 1.29 is 105 Å². The maximum absolute atomic E-state index is 14.7. The van der Waals surface area contributed by atoms with Crippen LogP contribution in [0, 0.1) is 46.8 Å². The molecule has 4 aliphatic heterocycles. The minimum Gasteiger partial charge on any atom is -0.462 e. The van der Waals surface area contributed by atoms with E-state index in [-0.39, 0.29) is 122 Å². The van der Waals surface area contributed by atoms with Crippen LogP contribution in [0.5, 0.6) is 0 Å². The van der Waals surface area contributed by atoms with E-state index >= 15 is 0 Å². The highest BCUT2D eigenvalue weighted by molar-refractivity contribution is 6.39. The largest absolute Gasteiger partial charge is 0.462 e. The Balaban J connectivity index is 0.793. The molecule has 4 aliphatic carbocycles. The highest BCUT2D eigenvalue weighted by atomic mass is 16.6. The smallest absolute Gasteiger partial charge is 0.342 e. The molecule has 2 saturated heterocycles. The first-order valence-corrected chi connectivity index (χ1v) is 38.0. The minimum atomic E-state index is -2.48. The van der Waals surface area contributed by atoms with Crippen LogP contribution in [0.1, 0.15) is 237 Å². The molecule has 2 bridgehead atoms. The van der Waals surface area contributed by atoms with Gasteiger partial charge in [0, 0.05) is 94.8 Å².